The van der Waals surface area contributed by atoms with Gasteiger partial charge in [0.15, 0.2) is 0 Å². The van der Waals surface area contributed by atoms with Crippen molar-refractivity contribution in [3.8, 4) is 0 Å². The molecule has 0 radical (unpaired) electrons. The Kier molecular flexibility index (Phi) is 3.29. The molecule has 1 heterocycles. The Labute approximate surface area is 127 Å². The minimum Gasteiger partial charge on any atom is -0.403 e. The fraction of sp³-hybridized carbons (Fsp3) is 0.647. The van der Waals surface area contributed by atoms with Crippen LogP contribution in [0.15, 0.2) is 30.3 Å². The van der Waals surface area contributed by atoms with Gasteiger partial charge < -0.3 is 14.4 Å². The minimum absolute atomic E-state index is 0.120. The minimum atomic E-state index is -0.348. The molecule has 3 atom stereocenters. The van der Waals surface area contributed by atoms with Gasteiger partial charge in [-0.15, -0.1) is 0 Å². The quantitative estimate of drug-likeness (QED) is 0.850. The molecule has 3 rings (SSSR count). The van der Waals surface area contributed by atoms with Crippen LogP contribution in [0.2, 0.25) is 0 Å². The highest BCUT2D eigenvalue weighted by atomic mass is 16.7. The van der Waals surface area contributed by atoms with Crippen molar-refractivity contribution in [2.75, 3.05) is 0 Å². The van der Waals surface area contributed by atoms with Gasteiger partial charge in [-0.3, -0.25) is 0 Å². The molecule has 0 unspecified atom stereocenters. The molecule has 4 heteroatoms. The molecule has 1 N–H and O–H groups in total. The average molecular weight is 288 g/mol. The third-order valence-electron chi connectivity index (χ3n) is 5.92. The summed E-state index contributed by atoms with van der Waals surface area (Å²) in [5.74, 6) is 0.120. The Balaban J connectivity index is 2.00. The zero-order valence-electron chi connectivity index (χ0n) is 13.6. The van der Waals surface area contributed by atoms with Gasteiger partial charge in [-0.05, 0) is 45.6 Å². The summed E-state index contributed by atoms with van der Waals surface area (Å²) in [5.41, 5.74) is 0.501. The molecule has 0 amide bonds. The number of aliphatic hydroxyl groups excluding tert-OH is 1. The standard InChI is InChI=1S/C17H25BO3/c1-12-14(19)11-17(12,13-9-7-6-8-10-13)18-20-15(2,3)16(4,5)21-18/h6-10,12,14,19H,11H2,1-5H3/t12-,14-,17+/m1/s1. The van der Waals surface area contributed by atoms with Gasteiger partial charge >= 0.3 is 7.12 Å². The van der Waals surface area contributed by atoms with Gasteiger partial charge in [0, 0.05) is 5.31 Å². The van der Waals surface area contributed by atoms with E-state index in [2.05, 4.69) is 46.8 Å². The summed E-state index contributed by atoms with van der Waals surface area (Å²) in [6.07, 6.45) is 0.402. The molecule has 2 fully saturated rings. The molecule has 0 aromatic heterocycles. The molecule has 21 heavy (non-hydrogen) atoms. The van der Waals surface area contributed by atoms with E-state index in [4.69, 9.17) is 9.31 Å². The highest BCUT2D eigenvalue weighted by molar-refractivity contribution is 6.50. The number of aliphatic hydroxyl groups is 1. The van der Waals surface area contributed by atoms with Crippen LogP contribution in [0.3, 0.4) is 0 Å². The predicted octanol–water partition coefficient (Wildman–Crippen LogP) is 2.96. The summed E-state index contributed by atoms with van der Waals surface area (Å²) in [6, 6.07) is 10.3. The van der Waals surface area contributed by atoms with Crippen LogP contribution >= 0.6 is 0 Å². The SMILES string of the molecule is C[C@@H]1[C@H](O)C[C@@]1(B1OC(C)(C)C(C)(C)O1)c1ccccc1. The van der Waals surface area contributed by atoms with Crippen LogP contribution in [-0.4, -0.2) is 29.5 Å². The van der Waals surface area contributed by atoms with Crippen LogP contribution in [0.5, 0.6) is 0 Å². The molecule has 1 saturated carbocycles. The Morgan fingerprint density at radius 2 is 1.57 bits per heavy atom. The van der Waals surface area contributed by atoms with Crippen molar-refractivity contribution in [2.24, 2.45) is 5.92 Å². The predicted molar refractivity (Wildman–Crippen MR) is 84.0 cm³/mol. The van der Waals surface area contributed by atoms with Crippen molar-refractivity contribution < 1.29 is 14.4 Å². The maximum Gasteiger partial charge on any atom is 0.469 e. The third kappa shape index (κ3) is 2.00. The van der Waals surface area contributed by atoms with Crippen molar-refractivity contribution >= 4 is 7.12 Å². The molecule has 1 aliphatic heterocycles. The zero-order valence-corrected chi connectivity index (χ0v) is 13.6. The van der Waals surface area contributed by atoms with Crippen LogP contribution in [0.1, 0.15) is 46.6 Å². The van der Waals surface area contributed by atoms with E-state index >= 15 is 0 Å². The van der Waals surface area contributed by atoms with E-state index in [-0.39, 0.29) is 35.7 Å². The highest BCUT2D eigenvalue weighted by Gasteiger charge is 2.67. The van der Waals surface area contributed by atoms with Gasteiger partial charge in [0.05, 0.1) is 17.3 Å². The largest absolute Gasteiger partial charge is 0.469 e. The summed E-state index contributed by atoms with van der Waals surface area (Å²) in [7, 11) is -0.316. The molecule has 0 bridgehead atoms. The van der Waals surface area contributed by atoms with Crippen molar-refractivity contribution in [1.82, 2.24) is 0 Å². The van der Waals surface area contributed by atoms with Crippen LogP contribution in [0.4, 0.5) is 0 Å². The molecule has 2 aliphatic rings. The van der Waals surface area contributed by atoms with Gasteiger partial charge in [-0.1, -0.05) is 37.3 Å². The number of hydrogen-bond donors (Lipinski definition) is 1. The van der Waals surface area contributed by atoms with Gasteiger partial charge in [0.25, 0.3) is 0 Å². The number of rotatable bonds is 2. The molecule has 1 aliphatic carbocycles. The highest BCUT2D eigenvalue weighted by Crippen LogP contribution is 2.55. The normalized spacial score (nSPS) is 37.3. The van der Waals surface area contributed by atoms with Crippen molar-refractivity contribution in [3.63, 3.8) is 0 Å². The summed E-state index contributed by atoms with van der Waals surface area (Å²) in [6.45, 7) is 10.4. The molecular weight excluding hydrogens is 263 g/mol. The van der Waals surface area contributed by atoms with E-state index in [1.807, 2.05) is 18.2 Å². The van der Waals surface area contributed by atoms with Gasteiger partial charge in [-0.2, -0.15) is 0 Å². The Bertz CT molecular complexity index is 512. The van der Waals surface area contributed by atoms with E-state index in [0.717, 1.165) is 0 Å². The monoisotopic (exact) mass is 288 g/mol. The lowest BCUT2D eigenvalue weighted by atomic mass is 9.38. The fourth-order valence-corrected chi connectivity index (χ4v) is 3.52. The summed E-state index contributed by atoms with van der Waals surface area (Å²) >= 11 is 0. The molecule has 0 spiro atoms. The number of hydrogen-bond acceptors (Lipinski definition) is 3. The summed E-state index contributed by atoms with van der Waals surface area (Å²) < 4.78 is 12.6. The fourth-order valence-electron chi connectivity index (χ4n) is 3.52. The summed E-state index contributed by atoms with van der Waals surface area (Å²) in [5, 5.41) is 9.86. The second-order valence-corrected chi connectivity index (χ2v) is 7.55. The molecule has 114 valence electrons. The van der Waals surface area contributed by atoms with Crippen LogP contribution < -0.4 is 0 Å². The van der Waals surface area contributed by atoms with Gasteiger partial charge in [0.1, 0.15) is 0 Å². The third-order valence-corrected chi connectivity index (χ3v) is 5.92. The molecule has 1 aromatic rings. The van der Waals surface area contributed by atoms with Crippen LogP contribution in [-0.2, 0) is 14.6 Å². The van der Waals surface area contributed by atoms with Crippen molar-refractivity contribution in [2.45, 2.75) is 63.7 Å². The van der Waals surface area contributed by atoms with Gasteiger partial charge in [0.2, 0.25) is 0 Å². The smallest absolute Gasteiger partial charge is 0.403 e. The number of benzene rings is 1. The van der Waals surface area contributed by atoms with Gasteiger partial charge in [-0.25, -0.2) is 0 Å². The molecule has 3 nitrogen and oxygen atoms in total. The first-order valence-electron chi connectivity index (χ1n) is 7.80. The zero-order chi connectivity index (χ0) is 15.5. The van der Waals surface area contributed by atoms with E-state index < -0.39 is 0 Å². The summed E-state index contributed by atoms with van der Waals surface area (Å²) in [4.78, 5) is 0. The van der Waals surface area contributed by atoms with Crippen LogP contribution in [0.25, 0.3) is 0 Å². The van der Waals surface area contributed by atoms with Crippen LogP contribution in [0, 0.1) is 5.92 Å². The average Bonchev–Trinajstić information content (AvgIpc) is 2.65. The van der Waals surface area contributed by atoms with E-state index in [9.17, 15) is 5.11 Å². The lowest BCUT2D eigenvalue weighted by molar-refractivity contribution is -0.0273. The van der Waals surface area contributed by atoms with E-state index in [1.54, 1.807) is 0 Å². The second kappa shape index (κ2) is 4.58. The Morgan fingerprint density at radius 3 is 2.00 bits per heavy atom. The lowest BCUT2D eigenvalue weighted by Gasteiger charge is -2.52. The maximum absolute atomic E-state index is 10.1. The van der Waals surface area contributed by atoms with Crippen molar-refractivity contribution in [1.29, 1.82) is 0 Å². The first-order valence-corrected chi connectivity index (χ1v) is 7.80. The maximum atomic E-state index is 10.1. The van der Waals surface area contributed by atoms with E-state index in [0.29, 0.717) is 6.42 Å². The first-order chi connectivity index (χ1) is 9.71. The molecule has 1 aromatic carbocycles. The Morgan fingerprint density at radius 1 is 1.05 bits per heavy atom. The molecule has 1 saturated heterocycles. The lowest BCUT2D eigenvalue weighted by Crippen LogP contribution is -2.63. The first kappa shape index (κ1) is 15.1. The van der Waals surface area contributed by atoms with E-state index in [1.165, 1.54) is 5.56 Å². The Hall–Kier alpha value is -0.835. The second-order valence-electron chi connectivity index (χ2n) is 7.55. The molecular formula is C17H25BO3. The van der Waals surface area contributed by atoms with Crippen molar-refractivity contribution in [3.05, 3.63) is 35.9 Å². The topological polar surface area (TPSA) is 38.7 Å².